The molecule has 2 aromatic rings. The molecule has 1 aliphatic rings. The van der Waals surface area contributed by atoms with Gasteiger partial charge in [-0.05, 0) is 18.4 Å². The smallest absolute Gasteiger partial charge is 0.137 e. The van der Waals surface area contributed by atoms with E-state index < -0.39 is 5.60 Å². The monoisotopic (exact) mass is 200 g/mol. The molecule has 0 radical (unpaired) electrons. The second kappa shape index (κ2) is 2.94. The zero-order chi connectivity index (χ0) is 10.3. The van der Waals surface area contributed by atoms with Crippen LogP contribution >= 0.6 is 0 Å². The maximum absolute atomic E-state index is 9.90. The third kappa shape index (κ3) is 1.45. The number of nitrogens with zero attached hydrogens (tertiary/aromatic N) is 1. The minimum Gasteiger partial charge on any atom is -0.385 e. The maximum atomic E-state index is 9.90. The third-order valence-electron chi connectivity index (χ3n) is 2.92. The summed E-state index contributed by atoms with van der Waals surface area (Å²) in [5, 5.41) is 9.90. The number of hydrogen-bond donors (Lipinski definition) is 2. The van der Waals surface area contributed by atoms with E-state index in [0.717, 1.165) is 29.8 Å². The largest absolute Gasteiger partial charge is 0.385 e. The topological polar surface area (TPSA) is 48.9 Å². The molecule has 1 fully saturated rings. The Balaban J connectivity index is 1.94. The lowest BCUT2D eigenvalue weighted by Crippen LogP contribution is -2.03. The number of rotatable bonds is 2. The van der Waals surface area contributed by atoms with Crippen LogP contribution in [0.2, 0.25) is 0 Å². The first-order valence-corrected chi connectivity index (χ1v) is 5.11. The van der Waals surface area contributed by atoms with Crippen LogP contribution in [0, 0.1) is 0 Å². The van der Waals surface area contributed by atoms with E-state index >= 15 is 0 Å². The lowest BCUT2D eigenvalue weighted by Gasteiger charge is -2.07. The molecule has 1 saturated carbocycles. The van der Waals surface area contributed by atoms with Crippen LogP contribution in [0.4, 0.5) is 0 Å². The van der Waals surface area contributed by atoms with E-state index in [2.05, 4.69) is 9.97 Å². The van der Waals surface area contributed by atoms with Crippen molar-refractivity contribution in [2.24, 2.45) is 0 Å². The van der Waals surface area contributed by atoms with Crippen LogP contribution in [-0.2, 0) is 5.60 Å². The van der Waals surface area contributed by atoms with Crippen LogP contribution < -0.4 is 0 Å². The quantitative estimate of drug-likeness (QED) is 0.779. The fourth-order valence-electron chi connectivity index (χ4n) is 1.77. The van der Waals surface area contributed by atoms with E-state index in [0.29, 0.717) is 0 Å². The summed E-state index contributed by atoms with van der Waals surface area (Å²) in [5.74, 6) is 0.865. The minimum atomic E-state index is -0.540. The highest BCUT2D eigenvalue weighted by Crippen LogP contribution is 2.45. The number of imidazole rings is 1. The maximum Gasteiger partial charge on any atom is 0.137 e. The Bertz CT molecular complexity index is 455. The van der Waals surface area contributed by atoms with Crippen molar-refractivity contribution in [1.82, 2.24) is 9.97 Å². The van der Waals surface area contributed by atoms with Crippen molar-refractivity contribution < 1.29 is 5.11 Å². The van der Waals surface area contributed by atoms with Gasteiger partial charge in [-0.3, -0.25) is 0 Å². The fraction of sp³-hybridized carbons (Fsp3) is 0.250. The first kappa shape index (κ1) is 8.68. The standard InChI is InChI=1S/C12H12N2O/c15-12(5-6-12)10-3-1-9(2-4-10)11-13-7-8-14-11/h1-4,7-8,15H,5-6H2,(H,13,14). The molecule has 0 atom stereocenters. The van der Waals surface area contributed by atoms with Gasteiger partial charge in [0.25, 0.3) is 0 Å². The summed E-state index contributed by atoms with van der Waals surface area (Å²) in [6.45, 7) is 0. The van der Waals surface area contributed by atoms with Crippen molar-refractivity contribution in [1.29, 1.82) is 0 Å². The normalized spacial score (nSPS) is 17.7. The number of hydrogen-bond acceptors (Lipinski definition) is 2. The first-order valence-electron chi connectivity index (χ1n) is 5.11. The Kier molecular flexibility index (Phi) is 1.70. The number of aromatic nitrogens is 2. The zero-order valence-electron chi connectivity index (χ0n) is 8.27. The molecule has 0 aliphatic heterocycles. The van der Waals surface area contributed by atoms with Crippen LogP contribution in [0.3, 0.4) is 0 Å². The summed E-state index contributed by atoms with van der Waals surface area (Å²) in [5.41, 5.74) is 1.52. The predicted molar refractivity (Wildman–Crippen MR) is 57.2 cm³/mol. The average molecular weight is 200 g/mol. The summed E-state index contributed by atoms with van der Waals surface area (Å²) < 4.78 is 0. The molecular weight excluding hydrogens is 188 g/mol. The van der Waals surface area contributed by atoms with Crippen LogP contribution in [0.1, 0.15) is 18.4 Å². The molecule has 0 saturated heterocycles. The summed E-state index contributed by atoms with van der Waals surface area (Å²) in [6.07, 6.45) is 5.30. The van der Waals surface area contributed by atoms with Crippen molar-refractivity contribution in [2.75, 3.05) is 0 Å². The fourth-order valence-corrected chi connectivity index (χ4v) is 1.77. The molecule has 1 aromatic heterocycles. The van der Waals surface area contributed by atoms with Gasteiger partial charge in [0.05, 0.1) is 5.60 Å². The van der Waals surface area contributed by atoms with Gasteiger partial charge in [-0.15, -0.1) is 0 Å². The molecule has 3 heteroatoms. The van der Waals surface area contributed by atoms with E-state index in [1.807, 2.05) is 24.3 Å². The molecule has 0 unspecified atom stereocenters. The van der Waals surface area contributed by atoms with Gasteiger partial charge < -0.3 is 10.1 Å². The van der Waals surface area contributed by atoms with Crippen LogP contribution in [0.15, 0.2) is 36.7 Å². The van der Waals surface area contributed by atoms with Crippen molar-refractivity contribution >= 4 is 0 Å². The molecule has 15 heavy (non-hydrogen) atoms. The first-order chi connectivity index (χ1) is 7.28. The van der Waals surface area contributed by atoms with E-state index in [-0.39, 0.29) is 0 Å². The van der Waals surface area contributed by atoms with Crippen molar-refractivity contribution in [3.8, 4) is 11.4 Å². The van der Waals surface area contributed by atoms with Crippen molar-refractivity contribution in [3.63, 3.8) is 0 Å². The Labute approximate surface area is 87.8 Å². The van der Waals surface area contributed by atoms with Gasteiger partial charge in [-0.2, -0.15) is 0 Å². The molecular formula is C12H12N2O. The van der Waals surface area contributed by atoms with Crippen molar-refractivity contribution in [3.05, 3.63) is 42.2 Å². The predicted octanol–water partition coefficient (Wildman–Crippen LogP) is 2.06. The highest BCUT2D eigenvalue weighted by atomic mass is 16.3. The average Bonchev–Trinajstić information content (AvgIpc) is 2.84. The Hall–Kier alpha value is -1.61. The second-order valence-electron chi connectivity index (χ2n) is 4.05. The molecule has 1 heterocycles. The lowest BCUT2D eigenvalue weighted by atomic mass is 10.1. The van der Waals surface area contributed by atoms with E-state index in [4.69, 9.17) is 0 Å². The molecule has 0 amide bonds. The lowest BCUT2D eigenvalue weighted by molar-refractivity contribution is 0.151. The third-order valence-corrected chi connectivity index (χ3v) is 2.92. The molecule has 3 nitrogen and oxygen atoms in total. The summed E-state index contributed by atoms with van der Waals surface area (Å²) in [6, 6.07) is 7.94. The number of H-pyrrole nitrogens is 1. The highest BCUT2D eigenvalue weighted by Gasteiger charge is 2.41. The van der Waals surface area contributed by atoms with Gasteiger partial charge in [0.1, 0.15) is 5.82 Å². The van der Waals surface area contributed by atoms with Gasteiger partial charge in [0.15, 0.2) is 0 Å². The summed E-state index contributed by atoms with van der Waals surface area (Å²) in [4.78, 5) is 7.23. The Morgan fingerprint density at radius 2 is 1.93 bits per heavy atom. The Morgan fingerprint density at radius 3 is 2.47 bits per heavy atom. The summed E-state index contributed by atoms with van der Waals surface area (Å²) >= 11 is 0. The van der Waals surface area contributed by atoms with Gasteiger partial charge in [0, 0.05) is 18.0 Å². The van der Waals surface area contributed by atoms with Crippen molar-refractivity contribution in [2.45, 2.75) is 18.4 Å². The van der Waals surface area contributed by atoms with Gasteiger partial charge in [-0.25, -0.2) is 4.98 Å². The van der Waals surface area contributed by atoms with Gasteiger partial charge in [0.2, 0.25) is 0 Å². The summed E-state index contributed by atoms with van der Waals surface area (Å²) in [7, 11) is 0. The second-order valence-corrected chi connectivity index (χ2v) is 4.05. The van der Waals surface area contributed by atoms with E-state index in [1.165, 1.54) is 0 Å². The molecule has 1 aliphatic carbocycles. The number of aliphatic hydroxyl groups is 1. The van der Waals surface area contributed by atoms with E-state index in [1.54, 1.807) is 12.4 Å². The van der Waals surface area contributed by atoms with Crippen LogP contribution in [0.5, 0.6) is 0 Å². The van der Waals surface area contributed by atoms with Gasteiger partial charge in [-0.1, -0.05) is 24.3 Å². The number of benzene rings is 1. The molecule has 2 N–H and O–H groups in total. The van der Waals surface area contributed by atoms with E-state index in [9.17, 15) is 5.11 Å². The zero-order valence-corrected chi connectivity index (χ0v) is 8.27. The highest BCUT2D eigenvalue weighted by molar-refractivity contribution is 5.55. The molecule has 76 valence electrons. The minimum absolute atomic E-state index is 0.540. The molecule has 0 bridgehead atoms. The van der Waals surface area contributed by atoms with Gasteiger partial charge >= 0.3 is 0 Å². The van der Waals surface area contributed by atoms with Crippen LogP contribution in [-0.4, -0.2) is 15.1 Å². The van der Waals surface area contributed by atoms with Crippen LogP contribution in [0.25, 0.3) is 11.4 Å². The Morgan fingerprint density at radius 1 is 1.20 bits per heavy atom. The number of nitrogens with one attached hydrogen (secondary N) is 1. The molecule has 3 rings (SSSR count). The number of aromatic amines is 1. The SMILES string of the molecule is OC1(c2ccc(-c3ncc[nH]3)cc2)CC1. The molecule has 1 aromatic carbocycles. The molecule has 0 spiro atoms.